The van der Waals surface area contributed by atoms with Gasteiger partial charge in [-0.3, -0.25) is 9.69 Å². The first-order valence-electron chi connectivity index (χ1n) is 7.68. The number of benzene rings is 1. The molecule has 1 aromatic carbocycles. The average Bonchev–Trinajstić information content (AvgIpc) is 2.52. The minimum absolute atomic E-state index is 0.00205. The smallest absolute Gasteiger partial charge is 0.253 e. The van der Waals surface area contributed by atoms with E-state index in [1.807, 2.05) is 4.90 Å². The largest absolute Gasteiger partial charge is 0.336 e. The highest BCUT2D eigenvalue weighted by Gasteiger charge is 2.21. The van der Waals surface area contributed by atoms with Crippen LogP contribution in [0.25, 0.3) is 0 Å². The molecule has 1 aromatic rings. The molecule has 2 N–H and O–H groups in total. The molecule has 0 radical (unpaired) electrons. The second-order valence-electron chi connectivity index (χ2n) is 5.49. The van der Waals surface area contributed by atoms with Gasteiger partial charge in [-0.05, 0) is 50.2 Å². The summed E-state index contributed by atoms with van der Waals surface area (Å²) in [5.41, 5.74) is 6.05. The van der Waals surface area contributed by atoms with Crippen LogP contribution in [0, 0.1) is 5.82 Å². The lowest BCUT2D eigenvalue weighted by Gasteiger charge is -2.34. The van der Waals surface area contributed by atoms with Crippen molar-refractivity contribution in [2.75, 3.05) is 39.3 Å². The summed E-state index contributed by atoms with van der Waals surface area (Å²) in [6, 6.07) is 5.77. The zero-order valence-electron chi connectivity index (χ0n) is 12.4. The van der Waals surface area contributed by atoms with Gasteiger partial charge in [-0.2, -0.15) is 0 Å². The van der Waals surface area contributed by atoms with E-state index in [0.29, 0.717) is 5.56 Å². The molecule has 0 aromatic heterocycles. The molecule has 4 nitrogen and oxygen atoms in total. The summed E-state index contributed by atoms with van der Waals surface area (Å²) in [5, 5.41) is 0. The van der Waals surface area contributed by atoms with Gasteiger partial charge in [-0.25, -0.2) is 4.39 Å². The van der Waals surface area contributed by atoms with Gasteiger partial charge in [0, 0.05) is 31.7 Å². The van der Waals surface area contributed by atoms with Crippen molar-refractivity contribution >= 4 is 5.91 Å². The van der Waals surface area contributed by atoms with Crippen LogP contribution in [-0.2, 0) is 0 Å². The number of amides is 1. The number of hydrogen-bond donors (Lipinski definition) is 1. The van der Waals surface area contributed by atoms with E-state index in [1.165, 1.54) is 25.0 Å². The van der Waals surface area contributed by atoms with Crippen molar-refractivity contribution in [1.29, 1.82) is 0 Å². The second kappa shape index (κ2) is 8.10. The number of rotatable bonds is 6. The average molecular weight is 293 g/mol. The van der Waals surface area contributed by atoms with E-state index < -0.39 is 0 Å². The summed E-state index contributed by atoms with van der Waals surface area (Å²) in [6.07, 6.45) is 3.43. The van der Waals surface area contributed by atoms with Gasteiger partial charge in [-0.1, -0.05) is 6.42 Å². The molecule has 1 amide bonds. The molecule has 116 valence electrons. The molecule has 0 spiro atoms. The minimum atomic E-state index is -0.311. The molecule has 2 rings (SSSR count). The lowest BCUT2D eigenvalue weighted by atomic mass is 10.1. The summed E-state index contributed by atoms with van der Waals surface area (Å²) < 4.78 is 12.9. The molecule has 5 heteroatoms. The second-order valence-corrected chi connectivity index (χ2v) is 5.49. The Bertz CT molecular complexity index is 441. The van der Waals surface area contributed by atoms with Crippen LogP contribution in [0.4, 0.5) is 4.39 Å². The highest BCUT2D eigenvalue weighted by atomic mass is 19.1. The number of nitrogens with two attached hydrogens (primary N) is 1. The molecular formula is C16H24FN3O. The Morgan fingerprint density at radius 1 is 1.05 bits per heavy atom. The molecule has 1 fully saturated rings. The van der Waals surface area contributed by atoms with Crippen molar-refractivity contribution in [3.63, 3.8) is 0 Å². The van der Waals surface area contributed by atoms with Crippen molar-refractivity contribution in [3.8, 4) is 0 Å². The van der Waals surface area contributed by atoms with Crippen LogP contribution in [0.1, 0.15) is 29.6 Å². The van der Waals surface area contributed by atoms with E-state index in [-0.39, 0.29) is 11.7 Å². The first kappa shape index (κ1) is 15.9. The molecule has 0 saturated carbocycles. The van der Waals surface area contributed by atoms with E-state index in [0.717, 1.165) is 45.7 Å². The van der Waals surface area contributed by atoms with E-state index in [1.54, 1.807) is 12.1 Å². The predicted molar refractivity (Wildman–Crippen MR) is 81.6 cm³/mol. The van der Waals surface area contributed by atoms with Crippen LogP contribution < -0.4 is 5.73 Å². The van der Waals surface area contributed by atoms with Crippen molar-refractivity contribution in [2.24, 2.45) is 5.73 Å². The lowest BCUT2D eigenvalue weighted by Crippen LogP contribution is -2.48. The Morgan fingerprint density at radius 3 is 2.33 bits per heavy atom. The lowest BCUT2D eigenvalue weighted by molar-refractivity contribution is 0.0635. The molecule has 0 bridgehead atoms. The first-order chi connectivity index (χ1) is 10.2. The van der Waals surface area contributed by atoms with Crippen LogP contribution in [0.5, 0.6) is 0 Å². The number of carbonyl (C=O) groups excluding carboxylic acids is 1. The summed E-state index contributed by atoms with van der Waals surface area (Å²) in [4.78, 5) is 16.5. The Hall–Kier alpha value is -1.46. The maximum atomic E-state index is 12.9. The Balaban J connectivity index is 1.75. The van der Waals surface area contributed by atoms with Crippen molar-refractivity contribution in [2.45, 2.75) is 19.3 Å². The van der Waals surface area contributed by atoms with Gasteiger partial charge in [0.2, 0.25) is 0 Å². The summed E-state index contributed by atoms with van der Waals surface area (Å²) in [7, 11) is 0. The maximum absolute atomic E-state index is 12.9. The zero-order chi connectivity index (χ0) is 15.1. The minimum Gasteiger partial charge on any atom is -0.336 e. The molecule has 21 heavy (non-hydrogen) atoms. The highest BCUT2D eigenvalue weighted by molar-refractivity contribution is 5.94. The number of piperazine rings is 1. The van der Waals surface area contributed by atoms with E-state index in [4.69, 9.17) is 5.73 Å². The highest BCUT2D eigenvalue weighted by Crippen LogP contribution is 2.10. The topological polar surface area (TPSA) is 49.6 Å². The molecular weight excluding hydrogens is 269 g/mol. The molecule has 0 atom stereocenters. The SMILES string of the molecule is NCCCCCN1CCN(C(=O)c2ccc(F)cc2)CC1. The van der Waals surface area contributed by atoms with Gasteiger partial charge in [0.05, 0.1) is 0 Å². The number of unbranched alkanes of at least 4 members (excludes halogenated alkanes) is 2. The number of hydrogen-bond acceptors (Lipinski definition) is 3. The van der Waals surface area contributed by atoms with E-state index in [2.05, 4.69) is 4.90 Å². The fourth-order valence-corrected chi connectivity index (χ4v) is 2.61. The zero-order valence-corrected chi connectivity index (χ0v) is 12.4. The maximum Gasteiger partial charge on any atom is 0.253 e. The monoisotopic (exact) mass is 293 g/mol. The number of carbonyl (C=O) groups is 1. The summed E-state index contributed by atoms with van der Waals surface area (Å²) in [5.74, 6) is -0.313. The standard InChI is InChI=1S/C16H24FN3O/c17-15-6-4-14(5-7-15)16(21)20-12-10-19(11-13-20)9-3-1-2-8-18/h4-7H,1-3,8-13,18H2. The van der Waals surface area contributed by atoms with Crippen LogP contribution in [0.15, 0.2) is 24.3 Å². The van der Waals surface area contributed by atoms with Gasteiger partial charge in [0.1, 0.15) is 5.82 Å². The summed E-state index contributed by atoms with van der Waals surface area (Å²) in [6.45, 7) is 5.16. The van der Waals surface area contributed by atoms with Crippen LogP contribution in [0.2, 0.25) is 0 Å². The number of halogens is 1. The molecule has 1 saturated heterocycles. The fraction of sp³-hybridized carbons (Fsp3) is 0.562. The first-order valence-corrected chi connectivity index (χ1v) is 7.68. The Labute approximate surface area is 125 Å². The quantitative estimate of drug-likeness (QED) is 0.812. The van der Waals surface area contributed by atoms with Crippen LogP contribution >= 0.6 is 0 Å². The van der Waals surface area contributed by atoms with Gasteiger partial charge in [0.25, 0.3) is 5.91 Å². The van der Waals surface area contributed by atoms with Crippen molar-refractivity contribution in [1.82, 2.24) is 9.80 Å². The van der Waals surface area contributed by atoms with Gasteiger partial charge >= 0.3 is 0 Å². The van der Waals surface area contributed by atoms with E-state index >= 15 is 0 Å². The third kappa shape index (κ3) is 4.79. The normalized spacial score (nSPS) is 16.2. The Morgan fingerprint density at radius 2 is 1.71 bits per heavy atom. The molecule has 1 heterocycles. The summed E-state index contributed by atoms with van der Waals surface area (Å²) >= 11 is 0. The molecule has 1 aliphatic heterocycles. The number of nitrogens with zero attached hydrogens (tertiary/aromatic N) is 2. The van der Waals surface area contributed by atoms with Gasteiger partial charge < -0.3 is 10.6 Å². The Kier molecular flexibility index (Phi) is 6.14. The molecule has 0 unspecified atom stereocenters. The van der Waals surface area contributed by atoms with Crippen LogP contribution in [0.3, 0.4) is 0 Å². The van der Waals surface area contributed by atoms with Crippen molar-refractivity contribution in [3.05, 3.63) is 35.6 Å². The molecule has 1 aliphatic rings. The van der Waals surface area contributed by atoms with Gasteiger partial charge in [0.15, 0.2) is 0 Å². The third-order valence-corrected chi connectivity index (χ3v) is 3.93. The fourth-order valence-electron chi connectivity index (χ4n) is 2.61. The van der Waals surface area contributed by atoms with Gasteiger partial charge in [-0.15, -0.1) is 0 Å². The predicted octanol–water partition coefficient (Wildman–Crippen LogP) is 1.71. The van der Waals surface area contributed by atoms with Crippen molar-refractivity contribution < 1.29 is 9.18 Å². The third-order valence-electron chi connectivity index (χ3n) is 3.93. The van der Waals surface area contributed by atoms with E-state index in [9.17, 15) is 9.18 Å². The van der Waals surface area contributed by atoms with Crippen LogP contribution in [-0.4, -0.2) is 55.0 Å². The molecule has 0 aliphatic carbocycles.